The van der Waals surface area contributed by atoms with E-state index in [0.717, 1.165) is 35.3 Å². The van der Waals surface area contributed by atoms with Gasteiger partial charge in [-0.25, -0.2) is 9.97 Å². The Bertz CT molecular complexity index is 1310. The van der Waals surface area contributed by atoms with E-state index in [1.165, 1.54) is 19.3 Å². The third-order valence-corrected chi connectivity index (χ3v) is 7.18. The van der Waals surface area contributed by atoms with Gasteiger partial charge in [0.15, 0.2) is 0 Å². The monoisotopic (exact) mass is 519 g/mol. The van der Waals surface area contributed by atoms with Gasteiger partial charge in [0.1, 0.15) is 12.3 Å². The van der Waals surface area contributed by atoms with E-state index in [1.807, 2.05) is 42.5 Å². The Hall–Kier alpha value is -3.65. The van der Waals surface area contributed by atoms with Crippen molar-refractivity contribution in [1.82, 2.24) is 20.2 Å². The molecule has 1 saturated carbocycles. The van der Waals surface area contributed by atoms with E-state index < -0.39 is 0 Å². The molecule has 8 nitrogen and oxygen atoms in total. The largest absolute Gasteiger partial charge is 0.497 e. The second-order valence-electron chi connectivity index (χ2n) is 9.53. The number of hydrogen-bond donors (Lipinski definition) is 2. The molecule has 2 amide bonds. The van der Waals surface area contributed by atoms with Crippen LogP contribution in [0, 0.1) is 0 Å². The van der Waals surface area contributed by atoms with Crippen LogP contribution in [0.1, 0.15) is 53.6 Å². The lowest BCUT2D eigenvalue weighted by atomic mass is 9.96. The summed E-state index contributed by atoms with van der Waals surface area (Å²) >= 11 is 6.45. The number of benzene rings is 2. The van der Waals surface area contributed by atoms with Crippen molar-refractivity contribution in [3.63, 3.8) is 0 Å². The highest BCUT2D eigenvalue weighted by Crippen LogP contribution is 2.32. The molecule has 0 atom stereocenters. The Labute approximate surface area is 221 Å². The summed E-state index contributed by atoms with van der Waals surface area (Å²) in [6.07, 6.45) is 7.51. The maximum atomic E-state index is 13.1. The maximum absolute atomic E-state index is 13.1. The highest BCUT2D eigenvalue weighted by atomic mass is 35.5. The number of aromatic nitrogens is 2. The molecule has 1 aliphatic carbocycles. The number of nitrogens with zero attached hydrogens (tertiary/aromatic N) is 3. The van der Waals surface area contributed by atoms with Gasteiger partial charge in [-0.1, -0.05) is 55.1 Å². The fourth-order valence-electron chi connectivity index (χ4n) is 4.92. The fourth-order valence-corrected chi connectivity index (χ4v) is 5.12. The van der Waals surface area contributed by atoms with E-state index >= 15 is 0 Å². The van der Waals surface area contributed by atoms with E-state index in [4.69, 9.17) is 16.3 Å². The molecule has 5 rings (SSSR count). The number of amides is 2. The molecule has 0 saturated heterocycles. The molecule has 0 spiro atoms. The minimum Gasteiger partial charge on any atom is -0.497 e. The normalized spacial score (nSPS) is 15.4. The number of nitrogens with one attached hydrogen (secondary N) is 2. The van der Waals surface area contributed by atoms with Crippen molar-refractivity contribution in [2.24, 2.45) is 0 Å². The number of ether oxygens (including phenoxy) is 1. The van der Waals surface area contributed by atoms with Gasteiger partial charge in [-0.3, -0.25) is 9.59 Å². The predicted molar refractivity (Wildman–Crippen MR) is 143 cm³/mol. The number of halogens is 1. The van der Waals surface area contributed by atoms with E-state index in [1.54, 1.807) is 18.2 Å². The van der Waals surface area contributed by atoms with E-state index in [-0.39, 0.29) is 18.4 Å². The molecule has 2 aromatic carbocycles. The van der Waals surface area contributed by atoms with Crippen LogP contribution < -0.4 is 15.4 Å². The molecule has 192 valence electrons. The molecule has 1 aliphatic heterocycles. The van der Waals surface area contributed by atoms with Crippen LogP contribution in [0.4, 0.5) is 5.95 Å². The zero-order valence-electron chi connectivity index (χ0n) is 20.8. The van der Waals surface area contributed by atoms with Crippen molar-refractivity contribution in [2.75, 3.05) is 19.0 Å². The molecular weight excluding hydrogens is 490 g/mol. The average Bonchev–Trinajstić information content (AvgIpc) is 3.23. The Morgan fingerprint density at radius 1 is 1.16 bits per heavy atom. The van der Waals surface area contributed by atoms with Gasteiger partial charge in [0.25, 0.3) is 5.91 Å². The van der Waals surface area contributed by atoms with Crippen LogP contribution in [-0.4, -0.2) is 46.4 Å². The molecular formula is C28H30ClN5O3. The molecule has 1 aromatic heterocycles. The number of fused-ring (bicyclic) bond motifs is 1. The third-order valence-electron chi connectivity index (χ3n) is 6.90. The van der Waals surface area contributed by atoms with Gasteiger partial charge in [0.2, 0.25) is 11.9 Å². The first-order valence-corrected chi connectivity index (χ1v) is 13.0. The number of anilines is 1. The molecule has 1 fully saturated rings. The molecule has 2 aliphatic rings. The first kappa shape index (κ1) is 25.0. The zero-order chi connectivity index (χ0) is 25.8. The Balaban J connectivity index is 1.25. The van der Waals surface area contributed by atoms with Gasteiger partial charge in [-0.15, -0.1) is 0 Å². The van der Waals surface area contributed by atoms with Crippen molar-refractivity contribution >= 4 is 29.4 Å². The first-order valence-electron chi connectivity index (χ1n) is 12.6. The summed E-state index contributed by atoms with van der Waals surface area (Å²) < 4.78 is 5.22. The second kappa shape index (κ2) is 11.2. The average molecular weight is 520 g/mol. The van der Waals surface area contributed by atoms with Crippen LogP contribution in [-0.2, 0) is 17.9 Å². The lowest BCUT2D eigenvalue weighted by Gasteiger charge is -2.22. The van der Waals surface area contributed by atoms with E-state index in [0.29, 0.717) is 41.4 Å². The number of rotatable bonds is 8. The van der Waals surface area contributed by atoms with Gasteiger partial charge in [-0.2, -0.15) is 0 Å². The van der Waals surface area contributed by atoms with E-state index in [2.05, 4.69) is 20.6 Å². The van der Waals surface area contributed by atoms with Gasteiger partial charge in [-0.05, 0) is 42.2 Å². The van der Waals surface area contributed by atoms with Crippen LogP contribution in [0.3, 0.4) is 0 Å². The summed E-state index contributed by atoms with van der Waals surface area (Å²) in [6.45, 7) is 0.724. The molecule has 0 bridgehead atoms. The van der Waals surface area contributed by atoms with Crippen LogP contribution in [0.5, 0.6) is 5.75 Å². The molecule has 3 aromatic rings. The molecule has 2 heterocycles. The number of methoxy groups -OCH3 is 1. The number of carbonyl (C=O) groups is 2. The Morgan fingerprint density at radius 2 is 2.00 bits per heavy atom. The quantitative estimate of drug-likeness (QED) is 0.443. The van der Waals surface area contributed by atoms with Crippen molar-refractivity contribution in [3.05, 3.63) is 70.4 Å². The lowest BCUT2D eigenvalue weighted by molar-refractivity contribution is -0.122. The minimum atomic E-state index is -0.221. The van der Waals surface area contributed by atoms with Gasteiger partial charge >= 0.3 is 0 Å². The van der Waals surface area contributed by atoms with Crippen LogP contribution in [0.15, 0.2) is 48.7 Å². The third kappa shape index (κ3) is 5.85. The van der Waals surface area contributed by atoms with Crippen molar-refractivity contribution < 1.29 is 14.3 Å². The SMILES string of the molecule is COc1cccc(CNC(=O)CN2Cc3ccc(-c4nc(NC5CCCCC5)ncc4Cl)cc3C2=O)c1. The highest BCUT2D eigenvalue weighted by Gasteiger charge is 2.29. The summed E-state index contributed by atoms with van der Waals surface area (Å²) in [5, 5.41) is 6.73. The summed E-state index contributed by atoms with van der Waals surface area (Å²) in [6, 6.07) is 13.5. The van der Waals surface area contributed by atoms with Gasteiger partial charge in [0.05, 0.1) is 24.0 Å². The predicted octanol–water partition coefficient (Wildman–Crippen LogP) is 4.82. The highest BCUT2D eigenvalue weighted by molar-refractivity contribution is 6.33. The molecule has 2 N–H and O–H groups in total. The summed E-state index contributed by atoms with van der Waals surface area (Å²) in [7, 11) is 1.60. The topological polar surface area (TPSA) is 96.4 Å². The van der Waals surface area contributed by atoms with Crippen molar-refractivity contribution in [3.8, 4) is 17.0 Å². The van der Waals surface area contributed by atoms with E-state index in [9.17, 15) is 9.59 Å². The zero-order valence-corrected chi connectivity index (χ0v) is 21.6. The second-order valence-corrected chi connectivity index (χ2v) is 9.94. The number of hydrogen-bond acceptors (Lipinski definition) is 6. The first-order chi connectivity index (χ1) is 18.0. The number of carbonyl (C=O) groups excluding carboxylic acids is 2. The summed E-state index contributed by atoms with van der Waals surface area (Å²) in [5.41, 5.74) is 3.69. The maximum Gasteiger partial charge on any atom is 0.254 e. The molecule has 0 unspecified atom stereocenters. The Morgan fingerprint density at radius 3 is 2.81 bits per heavy atom. The lowest BCUT2D eigenvalue weighted by Crippen LogP contribution is -2.37. The standard InChI is InChI=1S/C28H30ClN5O3/c1-37-22-9-5-6-18(12-22)14-30-25(35)17-34-16-20-11-10-19(13-23(20)27(34)36)26-24(29)15-31-28(33-26)32-21-7-3-2-4-8-21/h5-6,9-13,15,21H,2-4,7-8,14,16-17H2,1H3,(H,30,35)(H,31,32,33). The van der Waals surface area contributed by atoms with Crippen molar-refractivity contribution in [1.29, 1.82) is 0 Å². The summed E-state index contributed by atoms with van der Waals surface area (Å²) in [4.78, 5) is 36.3. The molecule has 9 heteroatoms. The fraction of sp³-hybridized carbons (Fsp3) is 0.357. The molecule has 0 radical (unpaired) electrons. The van der Waals surface area contributed by atoms with Gasteiger partial charge in [0, 0.05) is 30.3 Å². The molecule has 37 heavy (non-hydrogen) atoms. The minimum absolute atomic E-state index is 0.0173. The summed E-state index contributed by atoms with van der Waals surface area (Å²) in [5.74, 6) is 0.876. The van der Waals surface area contributed by atoms with Crippen LogP contribution in [0.2, 0.25) is 5.02 Å². The van der Waals surface area contributed by atoms with Crippen LogP contribution in [0.25, 0.3) is 11.3 Å². The Kier molecular flexibility index (Phi) is 7.55. The van der Waals surface area contributed by atoms with Gasteiger partial charge < -0.3 is 20.3 Å². The smallest absolute Gasteiger partial charge is 0.254 e. The van der Waals surface area contributed by atoms with Crippen LogP contribution >= 0.6 is 11.6 Å². The van der Waals surface area contributed by atoms with Crippen molar-refractivity contribution in [2.45, 2.75) is 51.2 Å².